The second-order valence-corrected chi connectivity index (χ2v) is 5.77. The largest absolute Gasteiger partial charge is 0.423 e. The normalized spacial score (nSPS) is 20.4. The molecular weight excluding hydrogens is 297 g/mol. The molecule has 2 rings (SSSR count). The fourth-order valence-electron chi connectivity index (χ4n) is 2.70. The van der Waals surface area contributed by atoms with Crippen LogP contribution in [0.3, 0.4) is 0 Å². The minimum absolute atomic E-state index is 0.319. The zero-order chi connectivity index (χ0) is 16.4. The Hall–Kier alpha value is -1.60. The number of alkyl halides is 3. The van der Waals surface area contributed by atoms with Crippen LogP contribution < -0.4 is 11.1 Å². The van der Waals surface area contributed by atoms with Crippen LogP contribution in [0.1, 0.15) is 31.2 Å². The van der Waals surface area contributed by atoms with Crippen molar-refractivity contribution in [3.8, 4) is 0 Å². The van der Waals surface area contributed by atoms with Crippen LogP contribution in [0.2, 0.25) is 0 Å². The number of benzene rings is 1. The zero-order valence-corrected chi connectivity index (χ0v) is 12.0. The molecule has 4 N–H and O–H groups in total. The minimum atomic E-state index is -4.92. The highest BCUT2D eigenvalue weighted by Crippen LogP contribution is 2.38. The number of nitrogens with one attached hydrogen (secondary N) is 1. The van der Waals surface area contributed by atoms with Gasteiger partial charge in [-0.05, 0) is 18.4 Å². The number of hydrogen-bond acceptors (Lipinski definition) is 3. The Labute approximate surface area is 126 Å². The van der Waals surface area contributed by atoms with Gasteiger partial charge in [0, 0.05) is 0 Å². The maximum Gasteiger partial charge on any atom is 0.423 e. The third kappa shape index (κ3) is 3.10. The molecule has 0 aromatic heterocycles. The van der Waals surface area contributed by atoms with E-state index < -0.39 is 29.8 Å². The van der Waals surface area contributed by atoms with E-state index in [9.17, 15) is 23.1 Å². The molecule has 0 saturated heterocycles. The monoisotopic (exact) mass is 316 g/mol. The fraction of sp³-hybridized carbons (Fsp3) is 0.533. The summed E-state index contributed by atoms with van der Waals surface area (Å²) in [5.41, 5.74) is 1.31. The van der Waals surface area contributed by atoms with Gasteiger partial charge in [-0.3, -0.25) is 4.79 Å². The van der Waals surface area contributed by atoms with Gasteiger partial charge in [-0.1, -0.05) is 43.2 Å². The van der Waals surface area contributed by atoms with E-state index in [2.05, 4.69) is 5.32 Å². The zero-order valence-electron chi connectivity index (χ0n) is 12.0. The summed E-state index contributed by atoms with van der Waals surface area (Å²) in [4.78, 5) is 12.1. The Balaban J connectivity index is 2.17. The summed E-state index contributed by atoms with van der Waals surface area (Å²) in [6.07, 6.45) is -2.50. The summed E-state index contributed by atoms with van der Waals surface area (Å²) in [6, 6.07) is 6.69. The van der Waals surface area contributed by atoms with Gasteiger partial charge in [-0.25, -0.2) is 0 Å². The van der Waals surface area contributed by atoms with Crippen molar-refractivity contribution in [3.63, 3.8) is 0 Å². The van der Waals surface area contributed by atoms with Crippen LogP contribution in [0.4, 0.5) is 13.2 Å². The Morgan fingerprint density at radius 3 is 2.27 bits per heavy atom. The molecule has 1 amide bonds. The lowest BCUT2D eigenvalue weighted by Gasteiger charge is -2.32. The van der Waals surface area contributed by atoms with Crippen LogP contribution in [0.25, 0.3) is 0 Å². The second kappa shape index (κ2) is 5.89. The van der Waals surface area contributed by atoms with Gasteiger partial charge in [0.1, 0.15) is 0 Å². The Bertz CT molecular complexity index is 527. The molecule has 1 aromatic carbocycles. The maximum absolute atomic E-state index is 13.3. The number of rotatable bonds is 4. The first kappa shape index (κ1) is 16.8. The minimum Gasteiger partial charge on any atom is -0.375 e. The molecule has 7 heteroatoms. The van der Waals surface area contributed by atoms with Crippen molar-refractivity contribution in [1.29, 1.82) is 0 Å². The fourth-order valence-corrected chi connectivity index (χ4v) is 2.70. The molecule has 0 heterocycles. The van der Waals surface area contributed by atoms with E-state index in [1.807, 2.05) is 0 Å². The lowest BCUT2D eigenvalue weighted by molar-refractivity contribution is -0.264. The first-order chi connectivity index (χ1) is 10.2. The molecule has 1 aromatic rings. The van der Waals surface area contributed by atoms with Crippen LogP contribution in [0, 0.1) is 0 Å². The molecule has 1 fully saturated rings. The number of aliphatic hydroxyl groups is 1. The van der Waals surface area contributed by atoms with Crippen molar-refractivity contribution in [3.05, 3.63) is 35.9 Å². The maximum atomic E-state index is 13.3. The first-order valence-corrected chi connectivity index (χ1v) is 7.11. The highest BCUT2D eigenvalue weighted by Gasteiger charge is 2.55. The number of halogens is 3. The number of carbonyl (C=O) groups excluding carboxylic acids is 1. The predicted octanol–water partition coefficient (Wildman–Crippen LogP) is 1.82. The molecule has 4 nitrogen and oxygen atoms in total. The van der Waals surface area contributed by atoms with E-state index in [4.69, 9.17) is 5.73 Å². The lowest BCUT2D eigenvalue weighted by Crippen LogP contribution is -2.57. The van der Waals surface area contributed by atoms with Crippen molar-refractivity contribution < 1.29 is 23.1 Å². The first-order valence-electron chi connectivity index (χ1n) is 7.11. The van der Waals surface area contributed by atoms with Gasteiger partial charge in [-0.2, -0.15) is 13.2 Å². The summed E-state index contributed by atoms with van der Waals surface area (Å²) in [5, 5.41) is 12.3. The van der Waals surface area contributed by atoms with Gasteiger partial charge in [0.2, 0.25) is 11.5 Å². The van der Waals surface area contributed by atoms with Crippen LogP contribution in [0.15, 0.2) is 30.3 Å². The van der Waals surface area contributed by atoms with Gasteiger partial charge in [0.15, 0.2) is 0 Å². The van der Waals surface area contributed by atoms with E-state index in [1.54, 1.807) is 6.07 Å². The quantitative estimate of drug-likeness (QED) is 0.793. The van der Waals surface area contributed by atoms with Crippen LogP contribution >= 0.6 is 0 Å². The summed E-state index contributed by atoms with van der Waals surface area (Å²) < 4.78 is 39.8. The Morgan fingerprint density at radius 2 is 1.77 bits per heavy atom. The second-order valence-electron chi connectivity index (χ2n) is 5.77. The van der Waals surface area contributed by atoms with Crippen LogP contribution in [-0.4, -0.2) is 29.3 Å². The summed E-state index contributed by atoms with van der Waals surface area (Å²) in [5.74, 6) is -0.649. The molecule has 0 spiro atoms. The number of carbonyl (C=O) groups is 1. The van der Waals surface area contributed by atoms with Gasteiger partial charge in [0.05, 0.1) is 12.1 Å². The molecule has 1 aliphatic carbocycles. The molecule has 1 unspecified atom stereocenters. The third-order valence-corrected chi connectivity index (χ3v) is 4.17. The molecule has 1 atom stereocenters. The van der Waals surface area contributed by atoms with Crippen LogP contribution in [0.5, 0.6) is 0 Å². The van der Waals surface area contributed by atoms with Gasteiger partial charge < -0.3 is 16.2 Å². The average molecular weight is 316 g/mol. The van der Waals surface area contributed by atoms with Crippen molar-refractivity contribution in [1.82, 2.24) is 5.32 Å². The molecule has 22 heavy (non-hydrogen) atoms. The van der Waals surface area contributed by atoms with Crippen molar-refractivity contribution in [2.45, 2.75) is 43.0 Å². The van der Waals surface area contributed by atoms with E-state index in [1.165, 1.54) is 24.3 Å². The molecule has 0 bridgehead atoms. The Morgan fingerprint density at radius 1 is 1.23 bits per heavy atom. The predicted molar refractivity (Wildman–Crippen MR) is 74.8 cm³/mol. The molecular formula is C15H19F3N2O2. The highest BCUT2D eigenvalue weighted by atomic mass is 19.4. The average Bonchev–Trinajstić information content (AvgIpc) is 2.92. The van der Waals surface area contributed by atoms with Crippen molar-refractivity contribution in [2.75, 3.05) is 6.54 Å². The van der Waals surface area contributed by atoms with Gasteiger partial charge in [0.25, 0.3) is 0 Å². The van der Waals surface area contributed by atoms with Gasteiger partial charge >= 0.3 is 6.18 Å². The van der Waals surface area contributed by atoms with Crippen molar-refractivity contribution >= 4 is 5.91 Å². The number of amides is 1. The number of hydrogen-bond donors (Lipinski definition) is 3. The Kier molecular flexibility index (Phi) is 4.49. The van der Waals surface area contributed by atoms with E-state index in [0.29, 0.717) is 12.8 Å². The topological polar surface area (TPSA) is 75.4 Å². The molecule has 0 aliphatic heterocycles. The van der Waals surface area contributed by atoms with Crippen LogP contribution in [-0.2, 0) is 10.4 Å². The summed E-state index contributed by atoms with van der Waals surface area (Å²) in [6.45, 7) is -0.960. The van der Waals surface area contributed by atoms with E-state index in [-0.39, 0.29) is 5.56 Å². The van der Waals surface area contributed by atoms with Gasteiger partial charge in [-0.15, -0.1) is 0 Å². The highest BCUT2D eigenvalue weighted by molar-refractivity contribution is 5.86. The molecule has 0 radical (unpaired) electrons. The third-order valence-electron chi connectivity index (χ3n) is 4.17. The van der Waals surface area contributed by atoms with E-state index in [0.717, 1.165) is 12.8 Å². The molecule has 1 saturated carbocycles. The standard InChI is InChI=1S/C15H19F3N2O2/c16-15(17,18)14(22,11-6-2-1-3-7-11)10-20-12(21)13(19)8-4-5-9-13/h1-3,6-7,22H,4-5,8-10,19H2,(H,20,21). The summed E-state index contributed by atoms with van der Waals surface area (Å²) >= 11 is 0. The molecule has 122 valence electrons. The molecule has 1 aliphatic rings. The smallest absolute Gasteiger partial charge is 0.375 e. The SMILES string of the molecule is NC1(C(=O)NCC(O)(c2ccccc2)C(F)(F)F)CCCC1. The van der Waals surface area contributed by atoms with Crippen molar-refractivity contribution in [2.24, 2.45) is 5.73 Å². The van der Waals surface area contributed by atoms with E-state index >= 15 is 0 Å². The number of nitrogens with two attached hydrogens (primary N) is 1. The summed E-state index contributed by atoms with van der Waals surface area (Å²) in [7, 11) is 0. The lowest BCUT2D eigenvalue weighted by atomic mass is 9.92.